The number of rotatable bonds is 6. The molecule has 0 atom stereocenters. The van der Waals surface area contributed by atoms with Gasteiger partial charge in [0.05, 0.1) is 0 Å². The third-order valence-corrected chi connectivity index (χ3v) is 1.93. The Hall–Kier alpha value is -1.56. The number of terminal acetylenes is 1. The minimum atomic E-state index is -0.265. The van der Waals surface area contributed by atoms with Gasteiger partial charge < -0.3 is 4.74 Å². The maximum atomic E-state index is 10.9. The summed E-state index contributed by atoms with van der Waals surface area (Å²) in [5, 5.41) is 0. The lowest BCUT2D eigenvalue weighted by Crippen LogP contribution is -2.04. The summed E-state index contributed by atoms with van der Waals surface area (Å²) in [5.41, 5.74) is 1.04. The molecule has 0 saturated heterocycles. The lowest BCUT2D eigenvalue weighted by molar-refractivity contribution is -0.142. The molecule has 14 heavy (non-hydrogen) atoms. The van der Waals surface area contributed by atoms with Crippen molar-refractivity contribution in [1.29, 1.82) is 0 Å². The molecule has 74 valence electrons. The first kappa shape index (κ1) is 10.5. The van der Waals surface area contributed by atoms with Gasteiger partial charge in [-0.1, -0.05) is 5.92 Å². The normalized spacial score (nSPS) is 9.93. The van der Waals surface area contributed by atoms with Gasteiger partial charge in [0.1, 0.15) is 0 Å². The molecule has 0 aliphatic rings. The average molecular weight is 192 g/mol. The first-order valence-electron chi connectivity index (χ1n) is 4.58. The van der Waals surface area contributed by atoms with Gasteiger partial charge in [0.15, 0.2) is 12.0 Å². The molecule has 1 rings (SSSR count). The van der Waals surface area contributed by atoms with E-state index in [0.29, 0.717) is 6.42 Å². The van der Waals surface area contributed by atoms with Gasteiger partial charge >= 0.3 is 5.97 Å². The van der Waals surface area contributed by atoms with Gasteiger partial charge in [0.2, 0.25) is 0 Å². The summed E-state index contributed by atoms with van der Waals surface area (Å²) >= 11 is 0. The first-order valence-corrected chi connectivity index (χ1v) is 4.58. The maximum absolute atomic E-state index is 10.9. The molecule has 0 heterocycles. The van der Waals surface area contributed by atoms with Crippen molar-refractivity contribution in [3.05, 3.63) is 21.9 Å². The van der Waals surface area contributed by atoms with Gasteiger partial charge in [0, 0.05) is 12.0 Å². The number of carbonyl (C=O) groups excluding carboxylic acids is 1. The molecule has 0 N–H and O–H groups in total. The van der Waals surface area contributed by atoms with E-state index < -0.39 is 0 Å². The molecule has 3 heteroatoms. The molecule has 3 nitrogen and oxygen atoms in total. The minimum Gasteiger partial charge on any atom is -0.452 e. The van der Waals surface area contributed by atoms with Gasteiger partial charge in [-0.05, 0) is 25.3 Å². The summed E-state index contributed by atoms with van der Waals surface area (Å²) in [5.74, 6) is 1.96. The molecule has 0 spiro atoms. The fraction of sp³-hybridized carbons (Fsp3) is 0.455. The van der Waals surface area contributed by atoms with Gasteiger partial charge in [-0.2, -0.15) is 0 Å². The molecule has 0 aliphatic heterocycles. The second-order valence-corrected chi connectivity index (χ2v) is 3.11. The minimum absolute atomic E-state index is 0.0441. The van der Waals surface area contributed by atoms with Crippen LogP contribution >= 0.6 is 0 Å². The summed E-state index contributed by atoms with van der Waals surface area (Å²) < 4.78 is 4.68. The fourth-order valence-corrected chi connectivity index (χ4v) is 1.10. The molecule has 0 aliphatic carbocycles. The standard InChI is InChI=1S/C11H12O3/c1-2-7-14-11(13)6-4-3-5-9-8-10(9)12/h1,8H,3-7H2. The average Bonchev–Trinajstić information content (AvgIpc) is 2.86. The lowest BCUT2D eigenvalue weighted by Gasteiger charge is -1.99. The van der Waals surface area contributed by atoms with Crippen LogP contribution in [0, 0.1) is 12.3 Å². The zero-order valence-corrected chi connectivity index (χ0v) is 7.91. The predicted octanol–water partition coefficient (Wildman–Crippen LogP) is 0.812. The van der Waals surface area contributed by atoms with Gasteiger partial charge in [-0.3, -0.25) is 9.59 Å². The van der Waals surface area contributed by atoms with Crippen molar-refractivity contribution in [2.45, 2.75) is 25.7 Å². The van der Waals surface area contributed by atoms with E-state index in [-0.39, 0.29) is 18.0 Å². The predicted molar refractivity (Wildman–Crippen MR) is 52.4 cm³/mol. The van der Waals surface area contributed by atoms with Gasteiger partial charge in [0.25, 0.3) is 0 Å². The van der Waals surface area contributed by atoms with Crippen molar-refractivity contribution in [1.82, 2.24) is 0 Å². The van der Waals surface area contributed by atoms with Crippen molar-refractivity contribution in [2.24, 2.45) is 0 Å². The smallest absolute Gasteiger partial charge is 0.306 e. The summed E-state index contributed by atoms with van der Waals surface area (Å²) in [7, 11) is 0. The number of carbonyl (C=O) groups is 1. The molecule has 1 aromatic carbocycles. The number of aryl methyl sites for hydroxylation is 1. The number of hydrogen-bond acceptors (Lipinski definition) is 3. The lowest BCUT2D eigenvalue weighted by atomic mass is 10.2. The largest absolute Gasteiger partial charge is 0.452 e. The maximum Gasteiger partial charge on any atom is 0.306 e. The van der Waals surface area contributed by atoms with Crippen molar-refractivity contribution in [3.8, 4) is 12.3 Å². The number of ether oxygens (including phenoxy) is 1. The zero-order chi connectivity index (χ0) is 10.4. The van der Waals surface area contributed by atoms with E-state index in [0.717, 1.165) is 24.8 Å². The van der Waals surface area contributed by atoms with E-state index in [2.05, 4.69) is 10.7 Å². The second-order valence-electron chi connectivity index (χ2n) is 3.11. The molecular formula is C11H12O3. The molecule has 0 amide bonds. The quantitative estimate of drug-likeness (QED) is 0.380. The Kier molecular flexibility index (Phi) is 3.93. The van der Waals surface area contributed by atoms with Crippen LogP contribution < -0.4 is 5.43 Å². The van der Waals surface area contributed by atoms with E-state index in [1.54, 1.807) is 6.07 Å². The van der Waals surface area contributed by atoms with Crippen LogP contribution in [0.25, 0.3) is 0 Å². The van der Waals surface area contributed by atoms with Crippen LogP contribution in [-0.4, -0.2) is 12.6 Å². The molecule has 0 radical (unpaired) electrons. The summed E-state index contributed by atoms with van der Waals surface area (Å²) in [4.78, 5) is 21.5. The Morgan fingerprint density at radius 3 is 2.79 bits per heavy atom. The summed E-state index contributed by atoms with van der Waals surface area (Å²) in [6.45, 7) is 0.0441. The van der Waals surface area contributed by atoms with Crippen molar-refractivity contribution < 1.29 is 9.53 Å². The van der Waals surface area contributed by atoms with Crippen LogP contribution in [0.15, 0.2) is 10.9 Å². The van der Waals surface area contributed by atoms with Crippen molar-refractivity contribution >= 4 is 5.97 Å². The molecule has 1 aromatic rings. The van der Waals surface area contributed by atoms with Crippen LogP contribution in [0.4, 0.5) is 0 Å². The van der Waals surface area contributed by atoms with Gasteiger partial charge in [-0.15, -0.1) is 6.42 Å². The SMILES string of the molecule is C#CCOC(=O)CCCCc1cc1=O. The van der Waals surface area contributed by atoms with Crippen LogP contribution in [-0.2, 0) is 16.0 Å². The van der Waals surface area contributed by atoms with E-state index in [1.165, 1.54) is 0 Å². The fourth-order valence-electron chi connectivity index (χ4n) is 1.10. The highest BCUT2D eigenvalue weighted by molar-refractivity contribution is 5.69. The highest BCUT2D eigenvalue weighted by atomic mass is 16.5. The number of esters is 1. The van der Waals surface area contributed by atoms with E-state index in [9.17, 15) is 9.59 Å². The highest BCUT2D eigenvalue weighted by Crippen LogP contribution is 2.05. The van der Waals surface area contributed by atoms with Crippen molar-refractivity contribution in [3.63, 3.8) is 0 Å². The topological polar surface area (TPSA) is 43.4 Å². The summed E-state index contributed by atoms with van der Waals surface area (Å²) in [6.07, 6.45) is 7.67. The molecule has 0 bridgehead atoms. The third-order valence-electron chi connectivity index (χ3n) is 1.93. The van der Waals surface area contributed by atoms with Crippen LogP contribution in [0.3, 0.4) is 0 Å². The van der Waals surface area contributed by atoms with Crippen molar-refractivity contribution in [2.75, 3.05) is 6.61 Å². The molecule has 0 aromatic heterocycles. The molecular weight excluding hydrogens is 180 g/mol. The van der Waals surface area contributed by atoms with Crippen LogP contribution in [0.5, 0.6) is 0 Å². The Morgan fingerprint density at radius 2 is 2.21 bits per heavy atom. The Labute approximate surface area is 82.8 Å². The first-order chi connectivity index (χ1) is 6.74. The summed E-state index contributed by atoms with van der Waals surface area (Å²) in [6, 6.07) is 1.62. The monoisotopic (exact) mass is 192 g/mol. The van der Waals surface area contributed by atoms with E-state index in [1.807, 2.05) is 0 Å². The highest BCUT2D eigenvalue weighted by Gasteiger charge is 2.07. The number of unbranched alkanes of at least 4 members (excludes halogenated alkanes) is 1. The Balaban J connectivity index is 1.96. The Bertz CT molecular complexity index is 350. The molecule has 0 fully saturated rings. The van der Waals surface area contributed by atoms with E-state index in [4.69, 9.17) is 6.42 Å². The Morgan fingerprint density at radius 1 is 1.50 bits per heavy atom. The van der Waals surface area contributed by atoms with E-state index >= 15 is 0 Å². The van der Waals surface area contributed by atoms with Gasteiger partial charge in [-0.25, -0.2) is 0 Å². The zero-order valence-electron chi connectivity index (χ0n) is 7.91. The van der Waals surface area contributed by atoms with Crippen LogP contribution in [0.1, 0.15) is 24.8 Å². The molecule has 0 unspecified atom stereocenters. The van der Waals surface area contributed by atoms with Crippen LogP contribution in [0.2, 0.25) is 0 Å². The molecule has 0 saturated carbocycles. The third kappa shape index (κ3) is 3.90. The second kappa shape index (κ2) is 5.23. The number of hydrogen-bond donors (Lipinski definition) is 0.